The van der Waals surface area contributed by atoms with Crippen LogP contribution in [0.15, 0.2) is 59.6 Å². The molecule has 2 aliphatic rings. The molecule has 1 N–H and O–H groups in total. The molecule has 2 fully saturated rings. The molecule has 0 aromatic heterocycles. The van der Waals surface area contributed by atoms with Crippen LogP contribution in [-0.4, -0.2) is 75.9 Å². The lowest BCUT2D eigenvalue weighted by molar-refractivity contribution is 0.0169. The second-order valence-electron chi connectivity index (χ2n) is 8.21. The van der Waals surface area contributed by atoms with E-state index in [4.69, 9.17) is 9.47 Å². The van der Waals surface area contributed by atoms with Crippen molar-refractivity contribution in [1.29, 1.82) is 0 Å². The molecular formula is C25H34N4O2. The number of benzene rings is 2. The van der Waals surface area contributed by atoms with Gasteiger partial charge in [-0.3, -0.25) is 9.89 Å². The van der Waals surface area contributed by atoms with Gasteiger partial charge in [-0.15, -0.1) is 0 Å². The Balaban J connectivity index is 1.39. The molecule has 166 valence electrons. The number of nitrogens with one attached hydrogen (secondary N) is 1. The summed E-state index contributed by atoms with van der Waals surface area (Å²) in [7, 11) is 3.59. The molecule has 0 aliphatic carbocycles. The Morgan fingerprint density at radius 1 is 1.10 bits per heavy atom. The Kier molecular flexibility index (Phi) is 7.43. The van der Waals surface area contributed by atoms with E-state index in [9.17, 15) is 0 Å². The molecule has 0 spiro atoms. The Morgan fingerprint density at radius 3 is 2.52 bits per heavy atom. The van der Waals surface area contributed by atoms with Crippen molar-refractivity contribution < 1.29 is 9.47 Å². The molecule has 6 heteroatoms. The first-order valence-corrected chi connectivity index (χ1v) is 11.2. The van der Waals surface area contributed by atoms with E-state index in [0.717, 1.165) is 64.1 Å². The first-order chi connectivity index (χ1) is 15.3. The van der Waals surface area contributed by atoms with Crippen LogP contribution in [0.1, 0.15) is 29.5 Å². The molecule has 0 amide bonds. The lowest BCUT2D eigenvalue weighted by atomic mass is 9.98. The van der Waals surface area contributed by atoms with Gasteiger partial charge in [-0.05, 0) is 29.7 Å². The first-order valence-electron chi connectivity index (χ1n) is 11.2. The van der Waals surface area contributed by atoms with E-state index in [2.05, 4.69) is 74.7 Å². The fourth-order valence-corrected chi connectivity index (χ4v) is 4.64. The second-order valence-corrected chi connectivity index (χ2v) is 8.21. The van der Waals surface area contributed by atoms with Crippen LogP contribution in [0.2, 0.25) is 0 Å². The molecule has 0 bridgehead atoms. The first kappa shape index (κ1) is 21.7. The zero-order chi connectivity index (χ0) is 21.5. The second kappa shape index (κ2) is 10.6. The molecule has 2 aromatic carbocycles. The number of aliphatic imine (C=N–C) groups is 1. The Labute approximate surface area is 185 Å². The lowest BCUT2D eigenvalue weighted by Gasteiger charge is -2.35. The van der Waals surface area contributed by atoms with Gasteiger partial charge >= 0.3 is 0 Å². The summed E-state index contributed by atoms with van der Waals surface area (Å²) in [5.74, 6) is 2.42. The standard InChI is InChI=1S/C25H34N4O2/c1-26-25(29-13-12-22(19-29)20-8-10-23(30-2)11-9-20)27-18-24(21-6-4-3-5-7-21)28-14-16-31-17-15-28/h3-11,22,24H,12-19H2,1-2H3,(H,26,27). The summed E-state index contributed by atoms with van der Waals surface area (Å²) in [6, 6.07) is 19.6. The monoisotopic (exact) mass is 422 g/mol. The molecule has 2 heterocycles. The molecule has 2 aromatic rings. The molecule has 2 aliphatic heterocycles. The fourth-order valence-electron chi connectivity index (χ4n) is 4.64. The third-order valence-electron chi connectivity index (χ3n) is 6.41. The summed E-state index contributed by atoms with van der Waals surface area (Å²) >= 11 is 0. The molecular weight excluding hydrogens is 388 g/mol. The quantitative estimate of drug-likeness (QED) is 0.573. The van der Waals surface area contributed by atoms with E-state index in [1.54, 1.807) is 7.11 Å². The van der Waals surface area contributed by atoms with Gasteiger partial charge in [0.15, 0.2) is 5.96 Å². The lowest BCUT2D eigenvalue weighted by Crippen LogP contribution is -2.47. The Bertz CT molecular complexity index is 834. The SMILES string of the molecule is CN=C(NCC(c1ccccc1)N1CCOCC1)N1CCC(c2ccc(OC)cc2)C1. The van der Waals surface area contributed by atoms with Crippen molar-refractivity contribution in [3.63, 3.8) is 0 Å². The summed E-state index contributed by atoms with van der Waals surface area (Å²) in [5, 5.41) is 3.67. The van der Waals surface area contributed by atoms with Gasteiger partial charge in [0.2, 0.25) is 0 Å². The average molecular weight is 423 g/mol. The molecule has 0 radical (unpaired) electrons. The van der Waals surface area contributed by atoms with Crippen molar-refractivity contribution in [2.24, 2.45) is 4.99 Å². The summed E-state index contributed by atoms with van der Waals surface area (Å²) < 4.78 is 10.9. The molecule has 0 saturated carbocycles. The zero-order valence-corrected chi connectivity index (χ0v) is 18.7. The van der Waals surface area contributed by atoms with E-state index in [1.807, 2.05) is 7.05 Å². The molecule has 2 atom stereocenters. The van der Waals surface area contributed by atoms with Crippen LogP contribution in [0.4, 0.5) is 0 Å². The maximum atomic E-state index is 5.58. The zero-order valence-electron chi connectivity index (χ0n) is 18.7. The number of rotatable bonds is 6. The smallest absolute Gasteiger partial charge is 0.193 e. The van der Waals surface area contributed by atoms with Crippen molar-refractivity contribution in [3.8, 4) is 5.75 Å². The summed E-state index contributed by atoms with van der Waals surface area (Å²) in [4.78, 5) is 9.51. The van der Waals surface area contributed by atoms with Gasteiger partial charge in [-0.2, -0.15) is 0 Å². The van der Waals surface area contributed by atoms with Crippen LogP contribution in [0.5, 0.6) is 5.75 Å². The van der Waals surface area contributed by atoms with Gasteiger partial charge in [-0.1, -0.05) is 42.5 Å². The molecule has 6 nitrogen and oxygen atoms in total. The minimum absolute atomic E-state index is 0.307. The van der Waals surface area contributed by atoms with Crippen molar-refractivity contribution in [1.82, 2.24) is 15.1 Å². The number of guanidine groups is 1. The maximum Gasteiger partial charge on any atom is 0.193 e. The van der Waals surface area contributed by atoms with Gasteiger partial charge < -0.3 is 19.7 Å². The number of nitrogens with zero attached hydrogens (tertiary/aromatic N) is 3. The molecule has 2 saturated heterocycles. The third-order valence-corrected chi connectivity index (χ3v) is 6.41. The van der Waals surface area contributed by atoms with Gasteiger partial charge in [-0.25, -0.2) is 0 Å². The summed E-state index contributed by atoms with van der Waals surface area (Å²) in [5.41, 5.74) is 2.71. The highest BCUT2D eigenvalue weighted by atomic mass is 16.5. The predicted molar refractivity (Wildman–Crippen MR) is 125 cm³/mol. The van der Waals surface area contributed by atoms with Crippen LogP contribution in [0.3, 0.4) is 0 Å². The van der Waals surface area contributed by atoms with Gasteiger partial charge in [0.05, 0.1) is 26.4 Å². The van der Waals surface area contributed by atoms with E-state index in [0.29, 0.717) is 12.0 Å². The Morgan fingerprint density at radius 2 is 1.84 bits per heavy atom. The van der Waals surface area contributed by atoms with Gasteiger partial charge in [0.25, 0.3) is 0 Å². The summed E-state index contributed by atoms with van der Waals surface area (Å²) in [6.07, 6.45) is 1.14. The van der Waals surface area contributed by atoms with Crippen molar-refractivity contribution in [2.45, 2.75) is 18.4 Å². The van der Waals surface area contributed by atoms with E-state index in [1.165, 1.54) is 11.1 Å². The van der Waals surface area contributed by atoms with E-state index in [-0.39, 0.29) is 0 Å². The maximum absolute atomic E-state index is 5.58. The fraction of sp³-hybridized carbons (Fsp3) is 0.480. The predicted octanol–water partition coefficient (Wildman–Crippen LogP) is 3.13. The number of ether oxygens (including phenoxy) is 2. The number of hydrogen-bond donors (Lipinski definition) is 1. The van der Waals surface area contributed by atoms with Gasteiger partial charge in [0.1, 0.15) is 5.75 Å². The molecule has 31 heavy (non-hydrogen) atoms. The van der Waals surface area contributed by atoms with Crippen LogP contribution >= 0.6 is 0 Å². The van der Waals surface area contributed by atoms with E-state index < -0.39 is 0 Å². The number of morpholine rings is 1. The molecule has 2 unspecified atom stereocenters. The highest BCUT2D eigenvalue weighted by Crippen LogP contribution is 2.29. The molecule has 4 rings (SSSR count). The topological polar surface area (TPSA) is 49.3 Å². The van der Waals surface area contributed by atoms with Crippen molar-refractivity contribution in [3.05, 3.63) is 65.7 Å². The van der Waals surface area contributed by atoms with Gasteiger partial charge in [0, 0.05) is 45.7 Å². The van der Waals surface area contributed by atoms with Crippen LogP contribution in [0.25, 0.3) is 0 Å². The van der Waals surface area contributed by atoms with Crippen molar-refractivity contribution >= 4 is 5.96 Å². The highest BCUT2D eigenvalue weighted by Gasteiger charge is 2.28. The average Bonchev–Trinajstić information content (AvgIpc) is 3.33. The van der Waals surface area contributed by atoms with Crippen LogP contribution in [-0.2, 0) is 4.74 Å². The number of likely N-dealkylation sites (tertiary alicyclic amines) is 1. The highest BCUT2D eigenvalue weighted by molar-refractivity contribution is 5.80. The Hall–Kier alpha value is -2.57. The normalized spacial score (nSPS) is 21.2. The van der Waals surface area contributed by atoms with Crippen molar-refractivity contribution in [2.75, 3.05) is 60.1 Å². The largest absolute Gasteiger partial charge is 0.497 e. The third kappa shape index (κ3) is 5.38. The summed E-state index contributed by atoms with van der Waals surface area (Å²) in [6.45, 7) is 6.36. The van der Waals surface area contributed by atoms with Crippen LogP contribution < -0.4 is 10.1 Å². The minimum Gasteiger partial charge on any atom is -0.497 e. The number of hydrogen-bond acceptors (Lipinski definition) is 4. The minimum atomic E-state index is 0.307. The van der Waals surface area contributed by atoms with E-state index >= 15 is 0 Å². The number of methoxy groups -OCH3 is 1. The van der Waals surface area contributed by atoms with Crippen LogP contribution in [0, 0.1) is 0 Å².